The first-order valence-corrected chi connectivity index (χ1v) is 7.69. The molecule has 1 aliphatic carbocycles. The van der Waals surface area contributed by atoms with E-state index in [0.717, 1.165) is 29.7 Å². The molecule has 0 spiro atoms. The van der Waals surface area contributed by atoms with Crippen molar-refractivity contribution in [1.82, 2.24) is 10.2 Å². The fourth-order valence-electron chi connectivity index (χ4n) is 4.33. The highest BCUT2D eigenvalue weighted by Crippen LogP contribution is 2.36. The molecule has 98 valence electrons. The van der Waals surface area contributed by atoms with Gasteiger partial charge in [0.25, 0.3) is 0 Å². The van der Waals surface area contributed by atoms with Crippen molar-refractivity contribution in [2.24, 2.45) is 23.7 Å². The van der Waals surface area contributed by atoms with Gasteiger partial charge in [-0.2, -0.15) is 0 Å². The van der Waals surface area contributed by atoms with Gasteiger partial charge in [-0.15, -0.1) is 0 Å². The zero-order valence-corrected chi connectivity index (χ0v) is 11.5. The van der Waals surface area contributed by atoms with Crippen LogP contribution in [0.2, 0.25) is 0 Å². The second-order valence-corrected chi connectivity index (χ2v) is 6.96. The van der Waals surface area contributed by atoms with Gasteiger partial charge in [0.05, 0.1) is 0 Å². The van der Waals surface area contributed by atoms with E-state index in [2.05, 4.69) is 24.1 Å². The van der Waals surface area contributed by atoms with E-state index in [4.69, 9.17) is 0 Å². The Kier molecular flexibility index (Phi) is 3.45. The van der Waals surface area contributed by atoms with Gasteiger partial charge in [-0.1, -0.05) is 26.7 Å². The number of nitrogens with zero attached hydrogens (tertiary/aromatic N) is 1. The molecule has 2 saturated heterocycles. The molecule has 17 heavy (non-hydrogen) atoms. The minimum Gasteiger partial charge on any atom is -0.316 e. The normalized spacial score (nSPS) is 43.2. The summed E-state index contributed by atoms with van der Waals surface area (Å²) in [6.07, 6.45) is 5.90. The fraction of sp³-hybridized carbons (Fsp3) is 1.00. The Labute approximate surface area is 106 Å². The van der Waals surface area contributed by atoms with Gasteiger partial charge in [0.2, 0.25) is 0 Å². The van der Waals surface area contributed by atoms with Gasteiger partial charge < -0.3 is 5.32 Å². The van der Waals surface area contributed by atoms with Crippen LogP contribution in [0.5, 0.6) is 0 Å². The van der Waals surface area contributed by atoms with E-state index >= 15 is 0 Å². The number of rotatable bonds is 2. The average Bonchev–Trinajstić information content (AvgIpc) is 2.89. The standard InChI is InChI=1S/C15H28N2/c1-11(2)12-4-3-5-15(6-12)17-9-13-7-16-8-14(13)10-17/h11-16H,3-10H2,1-2H3/t12?,13-,14+,15?. The third kappa shape index (κ3) is 2.39. The molecule has 2 heterocycles. The van der Waals surface area contributed by atoms with Crippen LogP contribution in [0.15, 0.2) is 0 Å². The molecule has 3 fully saturated rings. The minimum atomic E-state index is 0.890. The summed E-state index contributed by atoms with van der Waals surface area (Å²) in [5, 5.41) is 3.55. The first kappa shape index (κ1) is 12.0. The van der Waals surface area contributed by atoms with Crippen molar-refractivity contribution in [2.75, 3.05) is 26.2 Å². The molecule has 3 aliphatic rings. The topological polar surface area (TPSA) is 15.3 Å². The highest BCUT2D eigenvalue weighted by atomic mass is 15.2. The van der Waals surface area contributed by atoms with Crippen molar-refractivity contribution < 1.29 is 0 Å². The average molecular weight is 236 g/mol. The van der Waals surface area contributed by atoms with E-state index in [1.807, 2.05) is 0 Å². The lowest BCUT2D eigenvalue weighted by Crippen LogP contribution is -2.39. The molecule has 4 atom stereocenters. The highest BCUT2D eigenvalue weighted by Gasteiger charge is 2.39. The van der Waals surface area contributed by atoms with Crippen LogP contribution in [-0.2, 0) is 0 Å². The van der Waals surface area contributed by atoms with E-state index in [1.54, 1.807) is 0 Å². The molecule has 2 unspecified atom stereocenters. The van der Waals surface area contributed by atoms with Crippen molar-refractivity contribution in [1.29, 1.82) is 0 Å². The lowest BCUT2D eigenvalue weighted by molar-refractivity contribution is 0.129. The molecular formula is C15H28N2. The zero-order valence-electron chi connectivity index (χ0n) is 11.5. The number of fused-ring (bicyclic) bond motifs is 1. The summed E-state index contributed by atoms with van der Waals surface area (Å²) in [4.78, 5) is 2.84. The number of nitrogens with one attached hydrogen (secondary N) is 1. The molecule has 0 radical (unpaired) electrons. The Morgan fingerprint density at radius 3 is 2.41 bits per heavy atom. The first-order valence-electron chi connectivity index (χ1n) is 7.69. The monoisotopic (exact) mass is 236 g/mol. The molecule has 0 bridgehead atoms. The largest absolute Gasteiger partial charge is 0.316 e. The maximum Gasteiger partial charge on any atom is 0.00982 e. The maximum absolute atomic E-state index is 3.55. The fourth-order valence-corrected chi connectivity index (χ4v) is 4.33. The lowest BCUT2D eigenvalue weighted by atomic mass is 9.79. The van der Waals surface area contributed by atoms with Gasteiger partial charge in [-0.3, -0.25) is 4.90 Å². The molecule has 0 amide bonds. The Balaban J connectivity index is 1.58. The van der Waals surface area contributed by atoms with E-state index in [1.165, 1.54) is 51.9 Å². The number of likely N-dealkylation sites (tertiary alicyclic amines) is 1. The Hall–Kier alpha value is -0.0800. The Bertz CT molecular complexity index is 252. The predicted molar refractivity (Wildman–Crippen MR) is 72.0 cm³/mol. The first-order chi connectivity index (χ1) is 8.24. The third-order valence-corrected chi connectivity index (χ3v) is 5.56. The van der Waals surface area contributed by atoms with Gasteiger partial charge >= 0.3 is 0 Å². The van der Waals surface area contributed by atoms with Crippen molar-refractivity contribution in [2.45, 2.75) is 45.6 Å². The van der Waals surface area contributed by atoms with E-state index in [9.17, 15) is 0 Å². The molecule has 2 heteroatoms. The van der Waals surface area contributed by atoms with Crippen molar-refractivity contribution >= 4 is 0 Å². The van der Waals surface area contributed by atoms with Crippen LogP contribution < -0.4 is 5.32 Å². The summed E-state index contributed by atoms with van der Waals surface area (Å²) < 4.78 is 0. The van der Waals surface area contributed by atoms with Gasteiger partial charge in [-0.25, -0.2) is 0 Å². The molecule has 1 N–H and O–H groups in total. The second-order valence-electron chi connectivity index (χ2n) is 6.96. The van der Waals surface area contributed by atoms with Gasteiger partial charge in [-0.05, 0) is 49.6 Å². The van der Waals surface area contributed by atoms with Crippen LogP contribution in [0.4, 0.5) is 0 Å². The summed E-state index contributed by atoms with van der Waals surface area (Å²) in [5.74, 6) is 3.82. The van der Waals surface area contributed by atoms with E-state index < -0.39 is 0 Å². The minimum absolute atomic E-state index is 0.890. The van der Waals surface area contributed by atoms with Crippen LogP contribution in [0.1, 0.15) is 39.5 Å². The van der Waals surface area contributed by atoms with Gasteiger partial charge in [0, 0.05) is 19.1 Å². The van der Waals surface area contributed by atoms with Crippen molar-refractivity contribution in [3.05, 3.63) is 0 Å². The summed E-state index contributed by atoms with van der Waals surface area (Å²) >= 11 is 0. The van der Waals surface area contributed by atoms with Crippen LogP contribution >= 0.6 is 0 Å². The summed E-state index contributed by atoms with van der Waals surface area (Å²) in [5.41, 5.74) is 0. The SMILES string of the molecule is CC(C)C1CCCC(N2C[C@H]3CNC[C@H]3C2)C1. The molecule has 0 aromatic heterocycles. The number of hydrogen-bond donors (Lipinski definition) is 1. The molecular weight excluding hydrogens is 208 g/mol. The zero-order chi connectivity index (χ0) is 11.8. The molecule has 0 aromatic rings. The highest BCUT2D eigenvalue weighted by molar-refractivity contribution is 4.94. The van der Waals surface area contributed by atoms with E-state index in [-0.39, 0.29) is 0 Å². The van der Waals surface area contributed by atoms with Crippen molar-refractivity contribution in [3.8, 4) is 0 Å². The van der Waals surface area contributed by atoms with Gasteiger partial charge in [0.15, 0.2) is 0 Å². The predicted octanol–water partition coefficient (Wildman–Crippen LogP) is 2.35. The third-order valence-electron chi connectivity index (χ3n) is 5.56. The number of hydrogen-bond acceptors (Lipinski definition) is 2. The van der Waals surface area contributed by atoms with Crippen LogP contribution in [0, 0.1) is 23.7 Å². The maximum atomic E-state index is 3.55. The van der Waals surface area contributed by atoms with Crippen LogP contribution in [0.25, 0.3) is 0 Å². The Morgan fingerprint density at radius 1 is 1.06 bits per heavy atom. The van der Waals surface area contributed by atoms with Crippen molar-refractivity contribution in [3.63, 3.8) is 0 Å². The molecule has 2 nitrogen and oxygen atoms in total. The summed E-state index contributed by atoms with van der Waals surface area (Å²) in [6, 6.07) is 0.918. The molecule has 2 aliphatic heterocycles. The molecule has 1 saturated carbocycles. The summed E-state index contributed by atoms with van der Waals surface area (Å²) in [6.45, 7) is 10.1. The molecule has 3 rings (SSSR count). The van der Waals surface area contributed by atoms with Crippen LogP contribution in [-0.4, -0.2) is 37.1 Å². The Morgan fingerprint density at radius 2 is 1.76 bits per heavy atom. The lowest BCUT2D eigenvalue weighted by Gasteiger charge is -2.37. The molecule has 0 aromatic carbocycles. The summed E-state index contributed by atoms with van der Waals surface area (Å²) in [7, 11) is 0. The quantitative estimate of drug-likeness (QED) is 0.792. The van der Waals surface area contributed by atoms with Gasteiger partial charge in [0.1, 0.15) is 0 Å². The second kappa shape index (κ2) is 4.89. The van der Waals surface area contributed by atoms with Crippen LogP contribution in [0.3, 0.4) is 0 Å². The smallest absolute Gasteiger partial charge is 0.00982 e. The van der Waals surface area contributed by atoms with E-state index in [0.29, 0.717) is 0 Å².